The number of carbonyl (C=O) groups excluding carboxylic acids is 1. The Morgan fingerprint density at radius 1 is 1.24 bits per heavy atom. The summed E-state index contributed by atoms with van der Waals surface area (Å²) in [5.41, 5.74) is 2.88. The third-order valence-electron chi connectivity index (χ3n) is 4.45. The molecular formula is C18H21NO3S3. The van der Waals surface area contributed by atoms with Crippen molar-refractivity contribution in [2.75, 3.05) is 12.0 Å². The number of thiophene rings is 1. The minimum atomic E-state index is -0.975. The Balaban J connectivity index is 1.89. The van der Waals surface area contributed by atoms with Crippen LogP contribution in [0.1, 0.15) is 30.6 Å². The van der Waals surface area contributed by atoms with Crippen molar-refractivity contribution in [2.24, 2.45) is 0 Å². The fourth-order valence-corrected chi connectivity index (χ4v) is 6.54. The number of hydroxylamine groups is 1. The Morgan fingerprint density at radius 3 is 2.60 bits per heavy atom. The van der Waals surface area contributed by atoms with E-state index < -0.39 is 10.8 Å². The van der Waals surface area contributed by atoms with E-state index in [1.165, 1.54) is 11.3 Å². The van der Waals surface area contributed by atoms with Gasteiger partial charge in [-0.1, -0.05) is 18.6 Å². The molecule has 0 aliphatic carbocycles. The molecule has 2 N–H and O–H groups in total. The molecule has 1 aliphatic heterocycles. The van der Waals surface area contributed by atoms with Gasteiger partial charge in [-0.05, 0) is 48.4 Å². The van der Waals surface area contributed by atoms with Gasteiger partial charge in [-0.2, -0.15) is 0 Å². The van der Waals surface area contributed by atoms with Gasteiger partial charge in [-0.25, -0.2) is 5.48 Å². The summed E-state index contributed by atoms with van der Waals surface area (Å²) in [5.74, 6) is 0.697. The molecule has 2 aromatic rings. The first-order valence-corrected chi connectivity index (χ1v) is 11.5. The highest BCUT2D eigenvalue weighted by molar-refractivity contribution is 8.00. The quantitative estimate of drug-likeness (QED) is 0.589. The van der Waals surface area contributed by atoms with E-state index in [0.717, 1.165) is 33.9 Å². The van der Waals surface area contributed by atoms with Crippen molar-refractivity contribution in [3.8, 4) is 10.4 Å². The summed E-state index contributed by atoms with van der Waals surface area (Å²) in [5, 5.41) is 8.95. The van der Waals surface area contributed by atoms with Gasteiger partial charge < -0.3 is 0 Å². The zero-order valence-corrected chi connectivity index (χ0v) is 16.4. The maximum atomic E-state index is 11.8. The lowest BCUT2D eigenvalue weighted by Crippen LogP contribution is -2.32. The molecule has 1 aromatic heterocycles. The third kappa shape index (κ3) is 4.16. The maximum Gasteiger partial charge on any atom is 0.245 e. The van der Waals surface area contributed by atoms with Crippen LogP contribution in [0.5, 0.6) is 0 Å². The van der Waals surface area contributed by atoms with Gasteiger partial charge in [0.1, 0.15) is 0 Å². The van der Waals surface area contributed by atoms with Crippen LogP contribution in [0.4, 0.5) is 0 Å². The summed E-state index contributed by atoms with van der Waals surface area (Å²) in [4.78, 5) is 15.0. The number of nitrogens with one attached hydrogen (secondary N) is 1. The van der Waals surface area contributed by atoms with Crippen LogP contribution in [0.3, 0.4) is 0 Å². The van der Waals surface area contributed by atoms with E-state index in [4.69, 9.17) is 5.21 Å². The average Bonchev–Trinajstić information content (AvgIpc) is 3.13. The third-order valence-corrected chi connectivity index (χ3v) is 8.47. The summed E-state index contributed by atoms with van der Waals surface area (Å²) in [7, 11) is -0.975. The van der Waals surface area contributed by atoms with Crippen molar-refractivity contribution in [1.82, 2.24) is 5.48 Å². The van der Waals surface area contributed by atoms with Gasteiger partial charge in [-0.15, -0.1) is 23.1 Å². The molecule has 0 spiro atoms. The molecule has 3 rings (SSSR count). The van der Waals surface area contributed by atoms with Crippen LogP contribution >= 0.6 is 23.1 Å². The molecule has 1 aliphatic rings. The van der Waals surface area contributed by atoms with E-state index in [0.29, 0.717) is 6.42 Å². The number of benzene rings is 1. The van der Waals surface area contributed by atoms with E-state index in [1.54, 1.807) is 23.1 Å². The maximum absolute atomic E-state index is 11.8. The summed E-state index contributed by atoms with van der Waals surface area (Å²) >= 11 is 3.52. The summed E-state index contributed by atoms with van der Waals surface area (Å²) in [6, 6.07) is 12.0. The van der Waals surface area contributed by atoms with Crippen LogP contribution < -0.4 is 5.48 Å². The molecule has 1 unspecified atom stereocenters. The normalized spacial score (nSPS) is 21.7. The van der Waals surface area contributed by atoms with E-state index in [-0.39, 0.29) is 10.7 Å². The fraction of sp³-hybridized carbons (Fsp3) is 0.389. The van der Waals surface area contributed by atoms with Crippen molar-refractivity contribution >= 4 is 39.8 Å². The van der Waals surface area contributed by atoms with Gasteiger partial charge in [0.05, 0.1) is 4.75 Å². The van der Waals surface area contributed by atoms with Gasteiger partial charge >= 0.3 is 0 Å². The fourth-order valence-electron chi connectivity index (χ4n) is 3.12. The van der Waals surface area contributed by atoms with Crippen molar-refractivity contribution in [2.45, 2.75) is 35.3 Å². The summed E-state index contributed by atoms with van der Waals surface area (Å²) in [6.45, 7) is 0. The molecule has 1 aromatic carbocycles. The predicted molar refractivity (Wildman–Crippen MR) is 105 cm³/mol. The highest BCUT2D eigenvalue weighted by Crippen LogP contribution is 2.50. The van der Waals surface area contributed by atoms with Gasteiger partial charge in [-0.3, -0.25) is 14.2 Å². The second-order valence-corrected chi connectivity index (χ2v) is 10.1. The predicted octanol–water partition coefficient (Wildman–Crippen LogP) is 4.16. The highest BCUT2D eigenvalue weighted by atomic mass is 32.2. The number of amides is 1. The number of carbonyl (C=O) groups is 1. The molecule has 4 nitrogen and oxygen atoms in total. The van der Waals surface area contributed by atoms with E-state index in [9.17, 15) is 9.00 Å². The van der Waals surface area contributed by atoms with E-state index in [1.807, 2.05) is 36.0 Å². The summed E-state index contributed by atoms with van der Waals surface area (Å²) in [6.07, 6.45) is 5.17. The van der Waals surface area contributed by atoms with E-state index in [2.05, 4.69) is 12.1 Å². The molecule has 2 atom stereocenters. The van der Waals surface area contributed by atoms with E-state index >= 15 is 0 Å². The molecule has 25 heavy (non-hydrogen) atoms. The van der Waals surface area contributed by atoms with Crippen LogP contribution in [0.25, 0.3) is 10.4 Å². The van der Waals surface area contributed by atoms with Crippen LogP contribution in [0, 0.1) is 0 Å². The van der Waals surface area contributed by atoms with Gasteiger partial charge in [0.25, 0.3) is 0 Å². The Kier molecular flexibility index (Phi) is 5.99. The zero-order chi connectivity index (χ0) is 17.9. The monoisotopic (exact) mass is 395 g/mol. The smallest absolute Gasteiger partial charge is 0.245 e. The topological polar surface area (TPSA) is 66.4 Å². The molecule has 0 bridgehead atoms. The second kappa shape index (κ2) is 8.03. The molecule has 7 heteroatoms. The van der Waals surface area contributed by atoms with Crippen LogP contribution in [-0.2, 0) is 20.3 Å². The van der Waals surface area contributed by atoms with Crippen LogP contribution in [0.15, 0.2) is 41.3 Å². The number of hydrogen-bond acceptors (Lipinski definition) is 5. The molecule has 1 saturated heterocycles. The molecule has 0 saturated carbocycles. The molecule has 0 radical (unpaired) electrons. The first-order chi connectivity index (χ1) is 12.0. The Morgan fingerprint density at radius 2 is 2.00 bits per heavy atom. The Bertz CT molecular complexity index is 764. The molecule has 2 heterocycles. The highest BCUT2D eigenvalue weighted by Gasteiger charge is 2.38. The molecule has 1 fully saturated rings. The standard InChI is InChI=1S/C18H21NO3S3/c1-25(22)14-6-4-13(5-7-14)15-8-9-16(24-15)18(12-17(20)19-21)10-2-3-11-23-18/h4-9,21H,2-3,10-12H2,1H3,(H,19,20)/t18-,25?/m0/s1. The van der Waals surface area contributed by atoms with Crippen LogP contribution in [-0.4, -0.2) is 27.3 Å². The molecular weight excluding hydrogens is 374 g/mol. The first kappa shape index (κ1) is 18.6. The average molecular weight is 396 g/mol. The van der Waals surface area contributed by atoms with Crippen molar-refractivity contribution in [3.05, 3.63) is 41.3 Å². The van der Waals surface area contributed by atoms with Crippen molar-refractivity contribution < 1.29 is 14.2 Å². The minimum Gasteiger partial charge on any atom is -0.289 e. The van der Waals surface area contributed by atoms with Crippen LogP contribution in [0.2, 0.25) is 0 Å². The largest absolute Gasteiger partial charge is 0.289 e. The number of thioether (sulfide) groups is 1. The number of hydrogen-bond donors (Lipinski definition) is 2. The lowest BCUT2D eigenvalue weighted by atomic mass is 9.94. The minimum absolute atomic E-state index is 0.251. The SMILES string of the molecule is CS(=O)c1ccc(-c2ccc([C@@]3(CC(=O)NO)CCCCS3)s2)cc1. The number of rotatable bonds is 5. The molecule has 134 valence electrons. The van der Waals surface area contributed by atoms with Gasteiger partial charge in [0.15, 0.2) is 0 Å². The Hall–Kier alpha value is -1.15. The second-order valence-electron chi connectivity index (χ2n) is 6.15. The first-order valence-electron chi connectivity index (χ1n) is 8.15. The zero-order valence-electron chi connectivity index (χ0n) is 14.0. The lowest BCUT2D eigenvalue weighted by molar-refractivity contribution is -0.129. The van der Waals surface area contributed by atoms with Gasteiger partial charge in [0.2, 0.25) is 5.91 Å². The van der Waals surface area contributed by atoms with Gasteiger partial charge in [0, 0.05) is 38.1 Å². The summed E-state index contributed by atoms with van der Waals surface area (Å²) < 4.78 is 11.3. The molecule has 1 amide bonds. The van der Waals surface area contributed by atoms with Crippen molar-refractivity contribution in [1.29, 1.82) is 0 Å². The lowest BCUT2D eigenvalue weighted by Gasteiger charge is -2.35. The Labute approximate surface area is 158 Å². The van der Waals surface area contributed by atoms with Crippen molar-refractivity contribution in [3.63, 3.8) is 0 Å².